The zero-order chi connectivity index (χ0) is 18.8. The summed E-state index contributed by atoms with van der Waals surface area (Å²) in [6.07, 6.45) is 16.7. The van der Waals surface area contributed by atoms with Crippen molar-refractivity contribution in [2.24, 2.45) is 59.2 Å². The highest BCUT2D eigenvalue weighted by Crippen LogP contribution is 2.56. The molecule has 148 valence electrons. The van der Waals surface area contributed by atoms with Crippen LogP contribution in [0.1, 0.15) is 79.6 Å². The minimum Gasteiger partial charge on any atom is -0.103 e. The van der Waals surface area contributed by atoms with Crippen LogP contribution < -0.4 is 0 Å². The highest BCUT2D eigenvalue weighted by atomic mass is 14.5. The van der Waals surface area contributed by atoms with Crippen LogP contribution in [0.15, 0.2) is 24.8 Å². The fourth-order valence-corrected chi connectivity index (χ4v) is 7.38. The summed E-state index contributed by atoms with van der Waals surface area (Å²) >= 11 is 0. The molecule has 0 nitrogen and oxygen atoms in total. The lowest BCUT2D eigenvalue weighted by Crippen LogP contribution is -2.23. The van der Waals surface area contributed by atoms with E-state index >= 15 is 0 Å². The van der Waals surface area contributed by atoms with E-state index in [9.17, 15) is 0 Å². The Kier molecular flexibility index (Phi) is 6.73. The van der Waals surface area contributed by atoms with Crippen molar-refractivity contribution in [3.8, 4) is 0 Å². The molecule has 4 aliphatic carbocycles. The highest BCUT2D eigenvalue weighted by Gasteiger charge is 2.48. The maximum Gasteiger partial charge on any atom is -0.0319 e. The second-order valence-corrected chi connectivity index (χ2v) is 10.4. The molecule has 10 atom stereocenters. The SMILES string of the molecule is C=CCC1CC2CC1C(C)C2C.CCC=CCC1CC2CC1C(C)C2C. The van der Waals surface area contributed by atoms with Gasteiger partial charge >= 0.3 is 0 Å². The molecule has 4 saturated carbocycles. The zero-order valence-corrected chi connectivity index (χ0v) is 18.2. The standard InChI is InChI=1S/C14H24.C12H20/c1-4-5-6-7-12-8-13-9-14(12)11(3)10(13)2;1-4-5-10-6-11-7-12(10)9(3)8(11)2/h5-6,10-14H,4,7-9H2,1-3H3;4,8-12H,1,5-7H2,2-3H3. The predicted octanol–water partition coefficient (Wildman–Crippen LogP) is 7.76. The lowest BCUT2D eigenvalue weighted by Gasteiger charge is -2.31. The van der Waals surface area contributed by atoms with Crippen molar-refractivity contribution in [2.45, 2.75) is 79.6 Å². The molecule has 0 aliphatic heterocycles. The van der Waals surface area contributed by atoms with Crippen LogP contribution in [0.25, 0.3) is 0 Å². The van der Waals surface area contributed by atoms with Crippen molar-refractivity contribution in [3.05, 3.63) is 24.8 Å². The fraction of sp³-hybridized carbons (Fsp3) is 0.846. The van der Waals surface area contributed by atoms with E-state index in [0.717, 1.165) is 59.2 Å². The summed E-state index contributed by atoms with van der Waals surface area (Å²) in [5.74, 6) is 10.2. The third-order valence-electron chi connectivity index (χ3n) is 9.38. The van der Waals surface area contributed by atoms with Crippen LogP contribution in [-0.4, -0.2) is 0 Å². The van der Waals surface area contributed by atoms with E-state index in [1.54, 1.807) is 0 Å². The van der Waals surface area contributed by atoms with Gasteiger partial charge in [-0.3, -0.25) is 0 Å². The summed E-state index contributed by atoms with van der Waals surface area (Å²) in [6, 6.07) is 0. The zero-order valence-electron chi connectivity index (χ0n) is 18.2. The monoisotopic (exact) mass is 356 g/mol. The van der Waals surface area contributed by atoms with Crippen molar-refractivity contribution in [1.29, 1.82) is 0 Å². The summed E-state index contributed by atoms with van der Waals surface area (Å²) in [6.45, 7) is 15.9. The molecule has 26 heavy (non-hydrogen) atoms. The number of hydrogen-bond donors (Lipinski definition) is 0. The molecular formula is C26H44. The van der Waals surface area contributed by atoms with Gasteiger partial charge in [-0.25, -0.2) is 0 Å². The first-order valence-electron chi connectivity index (χ1n) is 11.7. The highest BCUT2D eigenvalue weighted by molar-refractivity contribution is 5.00. The summed E-state index contributed by atoms with van der Waals surface area (Å²) in [5.41, 5.74) is 0. The molecule has 0 heterocycles. The van der Waals surface area contributed by atoms with Crippen LogP contribution in [0, 0.1) is 59.2 Å². The first-order valence-corrected chi connectivity index (χ1v) is 11.7. The molecule has 4 aliphatic rings. The molecule has 0 aromatic carbocycles. The van der Waals surface area contributed by atoms with E-state index in [0.29, 0.717) is 0 Å². The molecule has 10 unspecified atom stereocenters. The van der Waals surface area contributed by atoms with E-state index < -0.39 is 0 Å². The van der Waals surface area contributed by atoms with Gasteiger partial charge in [0.2, 0.25) is 0 Å². The van der Waals surface area contributed by atoms with Gasteiger partial charge in [-0.05, 0) is 104 Å². The molecule has 4 fully saturated rings. The molecule has 0 saturated heterocycles. The van der Waals surface area contributed by atoms with Gasteiger partial charge in [0.05, 0.1) is 0 Å². The summed E-state index contributed by atoms with van der Waals surface area (Å²) < 4.78 is 0. The first kappa shape index (κ1) is 20.2. The smallest absolute Gasteiger partial charge is 0.0319 e. The minimum atomic E-state index is 0.980. The number of rotatable bonds is 5. The van der Waals surface area contributed by atoms with E-state index in [-0.39, 0.29) is 0 Å². The molecular weight excluding hydrogens is 312 g/mol. The lowest BCUT2D eigenvalue weighted by molar-refractivity contribution is 0.190. The third-order valence-corrected chi connectivity index (χ3v) is 9.38. The van der Waals surface area contributed by atoms with E-state index in [1.165, 1.54) is 44.9 Å². The van der Waals surface area contributed by atoms with Gasteiger partial charge in [0, 0.05) is 0 Å². The fourth-order valence-electron chi connectivity index (χ4n) is 7.38. The molecule has 4 rings (SSSR count). The minimum absolute atomic E-state index is 0.980. The molecule has 0 amide bonds. The molecule has 0 aromatic rings. The van der Waals surface area contributed by atoms with Gasteiger partial charge in [0.1, 0.15) is 0 Å². The average molecular weight is 357 g/mol. The summed E-state index contributed by atoms with van der Waals surface area (Å²) in [4.78, 5) is 0. The largest absolute Gasteiger partial charge is 0.103 e. The third kappa shape index (κ3) is 3.85. The van der Waals surface area contributed by atoms with Gasteiger partial charge < -0.3 is 0 Å². The van der Waals surface area contributed by atoms with Crippen LogP contribution in [-0.2, 0) is 0 Å². The van der Waals surface area contributed by atoms with E-state index in [2.05, 4.69) is 59.4 Å². The molecule has 0 aromatic heterocycles. The van der Waals surface area contributed by atoms with Crippen molar-refractivity contribution in [3.63, 3.8) is 0 Å². The predicted molar refractivity (Wildman–Crippen MR) is 115 cm³/mol. The average Bonchev–Trinajstić information content (AvgIpc) is 3.35. The van der Waals surface area contributed by atoms with Crippen LogP contribution in [0.5, 0.6) is 0 Å². The Labute approximate surface area is 163 Å². The summed E-state index contributed by atoms with van der Waals surface area (Å²) in [7, 11) is 0. The van der Waals surface area contributed by atoms with Gasteiger partial charge in [0.25, 0.3) is 0 Å². The van der Waals surface area contributed by atoms with Crippen LogP contribution >= 0.6 is 0 Å². The second-order valence-electron chi connectivity index (χ2n) is 10.4. The lowest BCUT2D eigenvalue weighted by atomic mass is 9.74. The van der Waals surface area contributed by atoms with Crippen LogP contribution in [0.4, 0.5) is 0 Å². The van der Waals surface area contributed by atoms with Crippen molar-refractivity contribution in [2.75, 3.05) is 0 Å². The van der Waals surface area contributed by atoms with Crippen LogP contribution in [0.3, 0.4) is 0 Å². The van der Waals surface area contributed by atoms with Gasteiger partial charge in [-0.2, -0.15) is 0 Å². The van der Waals surface area contributed by atoms with Crippen molar-refractivity contribution in [1.82, 2.24) is 0 Å². The first-order chi connectivity index (χ1) is 12.5. The second kappa shape index (κ2) is 8.66. The van der Waals surface area contributed by atoms with Crippen molar-refractivity contribution < 1.29 is 0 Å². The maximum atomic E-state index is 3.85. The Morgan fingerprint density at radius 1 is 0.692 bits per heavy atom. The molecule has 0 spiro atoms. The van der Waals surface area contributed by atoms with Gasteiger partial charge in [-0.1, -0.05) is 52.8 Å². The molecule has 4 bridgehead atoms. The maximum absolute atomic E-state index is 3.85. The van der Waals surface area contributed by atoms with E-state index in [1.807, 2.05) is 0 Å². The topological polar surface area (TPSA) is 0 Å². The Hall–Kier alpha value is -0.520. The molecule has 0 radical (unpaired) electrons. The van der Waals surface area contributed by atoms with Crippen LogP contribution in [0.2, 0.25) is 0 Å². The number of allylic oxidation sites excluding steroid dienone is 3. The quantitative estimate of drug-likeness (QED) is 0.441. The molecule has 0 heteroatoms. The summed E-state index contributed by atoms with van der Waals surface area (Å²) in [5, 5.41) is 0. The number of fused-ring (bicyclic) bond motifs is 4. The molecule has 0 N–H and O–H groups in total. The van der Waals surface area contributed by atoms with Crippen molar-refractivity contribution >= 4 is 0 Å². The van der Waals surface area contributed by atoms with Gasteiger partial charge in [-0.15, -0.1) is 6.58 Å². The number of hydrogen-bond acceptors (Lipinski definition) is 0. The Morgan fingerprint density at radius 3 is 1.58 bits per heavy atom. The normalized spacial score (nSPS) is 48.8. The Balaban J connectivity index is 0.000000152. The Bertz CT molecular complexity index is 484. The Morgan fingerprint density at radius 2 is 1.19 bits per heavy atom. The van der Waals surface area contributed by atoms with Gasteiger partial charge in [0.15, 0.2) is 0 Å². The van der Waals surface area contributed by atoms with E-state index in [4.69, 9.17) is 0 Å².